The van der Waals surface area contributed by atoms with E-state index in [0.717, 1.165) is 93.7 Å². The van der Waals surface area contributed by atoms with Gasteiger partial charge >= 0.3 is 0 Å². The van der Waals surface area contributed by atoms with Crippen LogP contribution in [-0.2, 0) is 18.5 Å². The Morgan fingerprint density at radius 2 is 0.731 bits per heavy atom. The summed E-state index contributed by atoms with van der Waals surface area (Å²) in [6.07, 6.45) is 33.0. The topological polar surface area (TPSA) is 67.2 Å². The highest BCUT2D eigenvalue weighted by Gasteiger charge is 2.47. The van der Waals surface area contributed by atoms with Crippen molar-refractivity contribution in [3.63, 3.8) is 0 Å². The van der Waals surface area contributed by atoms with E-state index in [2.05, 4.69) is 289 Å². The van der Waals surface area contributed by atoms with Gasteiger partial charge in [0.2, 0.25) is 11.8 Å². The van der Waals surface area contributed by atoms with Crippen LogP contribution < -0.4 is 9.47 Å². The molecule has 1 atom stereocenters. The van der Waals surface area contributed by atoms with Crippen molar-refractivity contribution in [3.8, 4) is 139 Å². The smallest absolute Gasteiger partial charge is 0.248 e. The lowest BCUT2D eigenvalue weighted by atomic mass is 9.67. The van der Waals surface area contributed by atoms with Gasteiger partial charge in [-0.15, -0.1) is 16.6 Å². The molecule has 558 valence electrons. The number of aromatic nitrogens is 4. The molecule has 3 heterocycles. The van der Waals surface area contributed by atoms with Gasteiger partial charge in [0.05, 0.1) is 12.0 Å². The fraction of sp³-hybridized carbons (Fsp3) is 0.287. The van der Waals surface area contributed by atoms with Gasteiger partial charge in [0.25, 0.3) is 0 Å². The number of unbranched alkanes of at least 4 members (excludes halogenated alkanes) is 17. The molecule has 0 spiro atoms. The van der Waals surface area contributed by atoms with Crippen molar-refractivity contribution in [2.75, 3.05) is 6.61 Å². The van der Waals surface area contributed by atoms with Crippen molar-refractivity contribution in [1.82, 2.24) is 19.3 Å². The Bertz CT molecular complexity index is 5700. The van der Waals surface area contributed by atoms with Gasteiger partial charge in [-0.25, -0.2) is 0 Å². The van der Waals surface area contributed by atoms with Crippen molar-refractivity contribution in [3.05, 3.63) is 240 Å². The zero-order valence-electron chi connectivity index (χ0n) is 63.5. The standard InChI is InChI=1S/C101H96N4O3.10H2/c1-7-11-15-19-23-25-29-33-65-106-85-53-49-83(50-54-85)101(84-51-55-86(56-52-84)107-66-34-30-26-24-20-16-12-8-2)93-71-81(75-40-42-77(43-41-75)100-103-102-99(108-100)76-38-35-73(5)36-39-76)44-57-87(93)88-58-45-82(72-94(88)101)80-48-62-98-92(70-80)91-69-79(47-61-97(91)105(98)64-32-28-22-18-14-10-4)78-46-60-96-90(68-78)89-67-74(6)37-59-95(89)104(96)63-31-27-21-17-13-9-3;;;;;;;;;;/h1,35-62,67-72H,8-10,12-14,16-18,20-22,24,26-28,30-32,34,63-64,66H2,2-6H3;10*1H. The summed E-state index contributed by atoms with van der Waals surface area (Å²) >= 11 is 0. The Labute approximate surface area is 654 Å². The molecule has 7 nitrogen and oxygen atoms in total. The SMILES string of the molecule is C#CC#CC#CC#CC#COc1ccc(C2(c3ccc(OCCCCCCCCCC)cc3)c3cc(-c4ccc(-c5nnc(-c6ccc(C)cc6)o5)cc4)ccc3-c3ccc(-c4ccc5c(c4)c4cc(-c6ccc7c(c6)c6cc(C)ccc6n7CCCCCCCC)ccc4n5CCCCCCCC)cc32)cc1.[HH].[HH].[HH].[HH].[HH].[HH].[HH].[HH].[HH].[HH]. The molecule has 1 unspecified atom stereocenters. The van der Waals surface area contributed by atoms with Crippen LogP contribution in [0.4, 0.5) is 0 Å². The summed E-state index contributed by atoms with van der Waals surface area (Å²) in [5, 5.41) is 14.1. The summed E-state index contributed by atoms with van der Waals surface area (Å²) in [7, 11) is 0. The molecular formula is C101H116N4O3. The summed E-state index contributed by atoms with van der Waals surface area (Å²) in [4.78, 5) is 0. The molecule has 0 aliphatic heterocycles. The molecule has 0 radical (unpaired) electrons. The molecular weight excluding hydrogens is 1320 g/mol. The minimum atomic E-state index is -0.841. The minimum Gasteiger partial charge on any atom is -0.494 e. The summed E-state index contributed by atoms with van der Waals surface area (Å²) < 4.78 is 24.1. The van der Waals surface area contributed by atoms with Gasteiger partial charge in [-0.1, -0.05) is 238 Å². The number of hydrogen-bond donors (Lipinski definition) is 0. The maximum atomic E-state index is 6.59. The first kappa shape index (κ1) is 73.2. The van der Waals surface area contributed by atoms with Crippen LogP contribution in [0.3, 0.4) is 0 Å². The van der Waals surface area contributed by atoms with Crippen LogP contribution in [0.25, 0.3) is 111 Å². The Kier molecular flexibility index (Phi) is 23.8. The van der Waals surface area contributed by atoms with Crippen LogP contribution in [0.15, 0.2) is 211 Å². The average molecular weight is 1430 g/mol. The van der Waals surface area contributed by atoms with E-state index in [-0.39, 0.29) is 14.3 Å². The highest BCUT2D eigenvalue weighted by Crippen LogP contribution is 2.58. The predicted molar refractivity (Wildman–Crippen MR) is 471 cm³/mol. The van der Waals surface area contributed by atoms with Crippen molar-refractivity contribution in [2.45, 2.75) is 182 Å². The van der Waals surface area contributed by atoms with Crippen molar-refractivity contribution in [1.29, 1.82) is 0 Å². The molecule has 0 N–H and O–H groups in total. The van der Waals surface area contributed by atoms with E-state index >= 15 is 0 Å². The lowest BCUT2D eigenvalue weighted by Crippen LogP contribution is -2.28. The molecule has 0 saturated carbocycles. The first-order chi connectivity index (χ1) is 53.2. The lowest BCUT2D eigenvalue weighted by molar-refractivity contribution is 0.304. The van der Waals surface area contributed by atoms with E-state index in [1.807, 2.05) is 24.3 Å². The van der Waals surface area contributed by atoms with Gasteiger partial charge < -0.3 is 23.0 Å². The maximum Gasteiger partial charge on any atom is 0.248 e. The van der Waals surface area contributed by atoms with E-state index in [0.29, 0.717) is 24.1 Å². The number of ether oxygens (including phenoxy) is 2. The second-order valence-corrected chi connectivity index (χ2v) is 29.3. The first-order valence-electron chi connectivity index (χ1n) is 39.6. The monoisotopic (exact) mass is 1430 g/mol. The van der Waals surface area contributed by atoms with Gasteiger partial charge in [-0.05, 0) is 233 Å². The zero-order chi connectivity index (χ0) is 74.0. The molecule has 0 amide bonds. The number of hydrogen-bond acceptors (Lipinski definition) is 5. The van der Waals surface area contributed by atoms with E-state index < -0.39 is 5.41 Å². The molecule has 10 aromatic carbocycles. The van der Waals surface area contributed by atoms with Crippen LogP contribution in [0.5, 0.6) is 11.5 Å². The molecule has 13 aromatic rings. The van der Waals surface area contributed by atoms with Gasteiger partial charge in [0.1, 0.15) is 17.6 Å². The second-order valence-electron chi connectivity index (χ2n) is 29.3. The normalized spacial score (nSPS) is 12.7. The van der Waals surface area contributed by atoms with Gasteiger partial charge in [0.15, 0.2) is 0 Å². The van der Waals surface area contributed by atoms with Crippen LogP contribution in [0.1, 0.15) is 197 Å². The number of rotatable bonds is 32. The average Bonchev–Trinajstić information content (AvgIpc) is 1.53. The molecule has 0 saturated heterocycles. The quantitative estimate of drug-likeness (QED) is 0.0310. The third-order valence-electron chi connectivity index (χ3n) is 21.9. The number of aryl methyl sites for hydroxylation is 4. The molecule has 7 heteroatoms. The Morgan fingerprint density at radius 1 is 0.361 bits per heavy atom. The van der Waals surface area contributed by atoms with Crippen molar-refractivity contribution in [2.24, 2.45) is 0 Å². The summed E-state index contributed by atoms with van der Waals surface area (Å²) in [6, 6.07) is 76.8. The van der Waals surface area contributed by atoms with E-state index in [9.17, 15) is 0 Å². The summed E-state index contributed by atoms with van der Waals surface area (Å²) in [5.41, 5.74) is 22.3. The fourth-order valence-corrected chi connectivity index (χ4v) is 16.2. The number of terminal acetylenes is 1. The third-order valence-corrected chi connectivity index (χ3v) is 21.9. The summed E-state index contributed by atoms with van der Waals surface area (Å²) in [5.74, 6) is 23.2. The first-order valence-corrected chi connectivity index (χ1v) is 39.6. The predicted octanol–water partition coefficient (Wildman–Crippen LogP) is 28.3. The molecule has 0 bridgehead atoms. The molecule has 14 rings (SSSR count). The lowest BCUT2D eigenvalue weighted by Gasteiger charge is -2.34. The van der Waals surface area contributed by atoms with Gasteiger partial charge in [0, 0.05) is 106 Å². The highest BCUT2D eigenvalue weighted by molar-refractivity contribution is 6.12. The van der Waals surface area contributed by atoms with Crippen LogP contribution in [-0.4, -0.2) is 25.9 Å². The zero-order valence-corrected chi connectivity index (χ0v) is 63.5. The Hall–Kier alpha value is -11.7. The molecule has 1 aliphatic carbocycles. The van der Waals surface area contributed by atoms with Crippen LogP contribution in [0.2, 0.25) is 0 Å². The summed E-state index contributed by atoms with van der Waals surface area (Å²) in [6.45, 7) is 13.8. The molecule has 108 heavy (non-hydrogen) atoms. The highest BCUT2D eigenvalue weighted by atomic mass is 16.5. The van der Waals surface area contributed by atoms with Crippen molar-refractivity contribution < 1.29 is 28.2 Å². The minimum absolute atomic E-state index is 0. The van der Waals surface area contributed by atoms with Crippen molar-refractivity contribution >= 4 is 43.6 Å². The maximum absolute atomic E-state index is 6.59. The van der Waals surface area contributed by atoms with E-state index in [4.69, 9.17) is 20.3 Å². The molecule has 1 aliphatic rings. The number of benzene rings is 10. The molecule has 3 aromatic heterocycles. The van der Waals surface area contributed by atoms with Crippen LogP contribution in [0, 0.1) is 73.7 Å². The van der Waals surface area contributed by atoms with Crippen LogP contribution >= 0.6 is 0 Å². The Morgan fingerprint density at radius 3 is 1.22 bits per heavy atom. The second kappa shape index (κ2) is 35.2. The third kappa shape index (κ3) is 16.2. The number of nitrogens with zero attached hydrogens (tertiary/aromatic N) is 4. The van der Waals surface area contributed by atoms with E-state index in [1.54, 1.807) is 0 Å². The number of fused-ring (bicyclic) bond motifs is 9. The van der Waals surface area contributed by atoms with E-state index in [1.165, 1.54) is 186 Å². The Balaban J connectivity index is 0.00000293. The van der Waals surface area contributed by atoms with Gasteiger partial charge in [-0.2, -0.15) is 0 Å². The fourth-order valence-electron chi connectivity index (χ4n) is 16.2. The van der Waals surface area contributed by atoms with Gasteiger partial charge in [-0.3, -0.25) is 0 Å². The molecule has 0 fully saturated rings. The largest absolute Gasteiger partial charge is 0.494 e.